The van der Waals surface area contributed by atoms with E-state index in [1.807, 2.05) is 19.1 Å². The van der Waals surface area contributed by atoms with Gasteiger partial charge in [-0.1, -0.05) is 48.8 Å². The highest BCUT2D eigenvalue weighted by Crippen LogP contribution is 2.41. The van der Waals surface area contributed by atoms with Crippen LogP contribution in [0.5, 0.6) is 0 Å². The minimum absolute atomic E-state index is 0.313. The van der Waals surface area contributed by atoms with Gasteiger partial charge in [0.05, 0.1) is 5.69 Å². The molecule has 3 amide bonds. The van der Waals surface area contributed by atoms with E-state index in [-0.39, 0.29) is 0 Å². The van der Waals surface area contributed by atoms with E-state index in [1.165, 1.54) is 0 Å². The maximum atomic E-state index is 13.2. The monoisotopic (exact) mass is 459 g/mol. The van der Waals surface area contributed by atoms with Crippen molar-refractivity contribution in [3.05, 3.63) is 58.1 Å². The third-order valence-corrected chi connectivity index (χ3v) is 5.55. The largest absolute Gasteiger partial charge is 0.359 e. The van der Waals surface area contributed by atoms with E-state index in [2.05, 4.69) is 40.4 Å². The van der Waals surface area contributed by atoms with E-state index in [9.17, 15) is 14.7 Å². The van der Waals surface area contributed by atoms with Crippen LogP contribution in [0, 0.1) is 5.92 Å². The van der Waals surface area contributed by atoms with Crippen molar-refractivity contribution in [1.29, 1.82) is 0 Å². The molecule has 0 radical (unpaired) electrons. The molecule has 0 saturated carbocycles. The number of amides is 3. The van der Waals surface area contributed by atoms with Crippen molar-refractivity contribution < 1.29 is 14.7 Å². The van der Waals surface area contributed by atoms with Gasteiger partial charge in [-0.05, 0) is 54.7 Å². The number of carbonyl (C=O) groups excluding carboxylic acids is 2. The highest BCUT2D eigenvalue weighted by atomic mass is 79.9. The summed E-state index contributed by atoms with van der Waals surface area (Å²) in [5.74, 6) is -0.231. The number of benzene rings is 2. The Morgan fingerprint density at radius 1 is 1.24 bits per heavy atom. The summed E-state index contributed by atoms with van der Waals surface area (Å²) in [6.45, 7) is 6.56. The molecule has 7 heteroatoms. The van der Waals surface area contributed by atoms with Crippen LogP contribution in [0.1, 0.15) is 38.3 Å². The molecule has 6 nitrogen and oxygen atoms in total. The Morgan fingerprint density at radius 3 is 2.55 bits per heavy atom. The summed E-state index contributed by atoms with van der Waals surface area (Å²) in [5, 5.41) is 17.3. The second kappa shape index (κ2) is 8.55. The molecule has 2 aromatic carbocycles. The SMILES string of the molecule is CCc1ccc(N2C(=O)Nc3ccc(Br)cc3[C@]2(O)C(=O)NCCC(C)C)cc1. The van der Waals surface area contributed by atoms with Crippen LogP contribution >= 0.6 is 15.9 Å². The number of rotatable bonds is 6. The summed E-state index contributed by atoms with van der Waals surface area (Å²) >= 11 is 3.40. The van der Waals surface area contributed by atoms with Crippen LogP contribution in [0.25, 0.3) is 0 Å². The Balaban J connectivity index is 2.08. The maximum Gasteiger partial charge on any atom is 0.329 e. The zero-order valence-corrected chi connectivity index (χ0v) is 18.4. The van der Waals surface area contributed by atoms with Crippen LogP contribution in [-0.4, -0.2) is 23.6 Å². The number of aliphatic hydroxyl groups is 1. The first-order chi connectivity index (χ1) is 13.8. The second-order valence-corrected chi connectivity index (χ2v) is 8.50. The highest BCUT2D eigenvalue weighted by molar-refractivity contribution is 9.10. The molecule has 0 fully saturated rings. The third kappa shape index (κ3) is 4.16. The quantitative estimate of drug-likeness (QED) is 0.599. The van der Waals surface area contributed by atoms with Crippen LogP contribution < -0.4 is 15.5 Å². The zero-order chi connectivity index (χ0) is 21.2. The van der Waals surface area contributed by atoms with Crippen molar-refractivity contribution in [2.75, 3.05) is 16.8 Å². The number of urea groups is 1. The van der Waals surface area contributed by atoms with Crippen molar-refractivity contribution >= 4 is 39.2 Å². The van der Waals surface area contributed by atoms with Gasteiger partial charge >= 0.3 is 6.03 Å². The standard InChI is InChI=1S/C22H26BrN3O3/c1-4-15-5-8-17(9-6-15)26-21(28)25-19-10-7-16(23)13-18(19)22(26,29)20(27)24-12-11-14(2)3/h5-10,13-14,29H,4,11-12H2,1-3H3,(H,24,27)(H,25,28)/t22-/m0/s1. The second-order valence-electron chi connectivity index (χ2n) is 7.59. The van der Waals surface area contributed by atoms with Crippen LogP contribution in [0.2, 0.25) is 0 Å². The van der Waals surface area contributed by atoms with E-state index in [4.69, 9.17) is 0 Å². The Morgan fingerprint density at radius 2 is 1.93 bits per heavy atom. The molecular weight excluding hydrogens is 434 g/mol. The molecule has 0 unspecified atom stereocenters. The lowest BCUT2D eigenvalue weighted by atomic mass is 9.94. The molecule has 0 spiro atoms. The van der Waals surface area contributed by atoms with Crippen molar-refractivity contribution in [2.45, 2.75) is 39.3 Å². The molecule has 0 aromatic heterocycles. The van der Waals surface area contributed by atoms with Crippen LogP contribution in [-0.2, 0) is 16.9 Å². The molecule has 1 aliphatic heterocycles. The van der Waals surface area contributed by atoms with Gasteiger partial charge in [0, 0.05) is 22.3 Å². The van der Waals surface area contributed by atoms with E-state index < -0.39 is 17.7 Å². The van der Waals surface area contributed by atoms with Gasteiger partial charge in [0.25, 0.3) is 11.6 Å². The van der Waals surface area contributed by atoms with E-state index in [0.717, 1.165) is 23.3 Å². The molecule has 0 saturated heterocycles. The zero-order valence-electron chi connectivity index (χ0n) is 16.8. The number of halogens is 1. The average Bonchev–Trinajstić information content (AvgIpc) is 2.68. The van der Waals surface area contributed by atoms with Gasteiger partial charge in [-0.15, -0.1) is 0 Å². The van der Waals surface area contributed by atoms with Crippen LogP contribution in [0.3, 0.4) is 0 Å². The highest BCUT2D eigenvalue weighted by Gasteiger charge is 2.52. The molecule has 2 aromatic rings. The van der Waals surface area contributed by atoms with Gasteiger partial charge in [-0.25, -0.2) is 4.79 Å². The third-order valence-electron chi connectivity index (χ3n) is 5.05. The van der Waals surface area contributed by atoms with Gasteiger partial charge in [0.15, 0.2) is 0 Å². The number of aryl methyl sites for hydroxylation is 1. The molecule has 3 rings (SSSR count). The fourth-order valence-corrected chi connectivity index (χ4v) is 3.72. The normalized spacial score (nSPS) is 18.4. The minimum Gasteiger partial charge on any atom is -0.359 e. The Labute approximate surface area is 179 Å². The number of carbonyl (C=O) groups is 2. The number of anilines is 2. The Bertz CT molecular complexity index is 914. The minimum atomic E-state index is -2.17. The molecule has 0 bridgehead atoms. The van der Waals surface area contributed by atoms with Gasteiger partial charge in [-0.3, -0.25) is 9.69 Å². The summed E-state index contributed by atoms with van der Waals surface area (Å²) in [6, 6.07) is 11.8. The summed E-state index contributed by atoms with van der Waals surface area (Å²) in [4.78, 5) is 27.3. The van der Waals surface area contributed by atoms with Crippen LogP contribution in [0.4, 0.5) is 16.2 Å². The summed E-state index contributed by atoms with van der Waals surface area (Å²) < 4.78 is 0.696. The molecule has 154 valence electrons. The van der Waals surface area contributed by atoms with Gasteiger partial charge in [0.2, 0.25) is 0 Å². The molecule has 3 N–H and O–H groups in total. The number of nitrogens with one attached hydrogen (secondary N) is 2. The fourth-order valence-electron chi connectivity index (χ4n) is 3.36. The lowest BCUT2D eigenvalue weighted by molar-refractivity contribution is -0.140. The smallest absolute Gasteiger partial charge is 0.329 e. The predicted octanol–water partition coefficient (Wildman–Crippen LogP) is 4.37. The number of hydrogen-bond donors (Lipinski definition) is 3. The first-order valence-corrected chi connectivity index (χ1v) is 10.6. The maximum absolute atomic E-state index is 13.2. The first kappa shape index (κ1) is 21.3. The average molecular weight is 460 g/mol. The number of hydrogen-bond acceptors (Lipinski definition) is 3. The molecule has 1 heterocycles. The number of nitrogens with zero attached hydrogens (tertiary/aromatic N) is 1. The van der Waals surface area contributed by atoms with Gasteiger partial charge in [-0.2, -0.15) is 0 Å². The predicted molar refractivity (Wildman–Crippen MR) is 118 cm³/mol. The molecule has 29 heavy (non-hydrogen) atoms. The molecule has 1 atom stereocenters. The Hall–Kier alpha value is -2.38. The molecular formula is C22H26BrN3O3. The van der Waals surface area contributed by atoms with E-state index in [0.29, 0.717) is 33.9 Å². The molecule has 1 aliphatic rings. The van der Waals surface area contributed by atoms with E-state index >= 15 is 0 Å². The molecule has 0 aliphatic carbocycles. The summed E-state index contributed by atoms with van der Waals surface area (Å²) in [5.41, 5.74) is 0.0758. The summed E-state index contributed by atoms with van der Waals surface area (Å²) in [6.07, 6.45) is 1.62. The number of fused-ring (bicyclic) bond motifs is 1. The van der Waals surface area contributed by atoms with Crippen molar-refractivity contribution in [3.8, 4) is 0 Å². The van der Waals surface area contributed by atoms with Crippen molar-refractivity contribution in [1.82, 2.24) is 5.32 Å². The van der Waals surface area contributed by atoms with Gasteiger partial charge < -0.3 is 15.7 Å². The van der Waals surface area contributed by atoms with Crippen molar-refractivity contribution in [2.24, 2.45) is 5.92 Å². The van der Waals surface area contributed by atoms with Crippen LogP contribution in [0.15, 0.2) is 46.9 Å². The summed E-state index contributed by atoms with van der Waals surface area (Å²) in [7, 11) is 0. The van der Waals surface area contributed by atoms with Gasteiger partial charge in [0.1, 0.15) is 0 Å². The first-order valence-electron chi connectivity index (χ1n) is 9.78. The topological polar surface area (TPSA) is 81.7 Å². The fraction of sp³-hybridized carbons (Fsp3) is 0.364. The Kier molecular flexibility index (Phi) is 6.29. The van der Waals surface area contributed by atoms with E-state index in [1.54, 1.807) is 30.3 Å². The lowest BCUT2D eigenvalue weighted by Gasteiger charge is -2.42. The lowest BCUT2D eigenvalue weighted by Crippen LogP contribution is -2.62. The van der Waals surface area contributed by atoms with Crippen molar-refractivity contribution in [3.63, 3.8) is 0 Å².